The molecule has 0 N–H and O–H groups in total. The molecule has 2 aliphatic rings. The lowest BCUT2D eigenvalue weighted by Gasteiger charge is -2.33. The maximum absolute atomic E-state index is 2.69. The Morgan fingerprint density at radius 1 is 1.07 bits per heavy atom. The van der Waals surface area contributed by atoms with E-state index in [1.54, 1.807) is 0 Å². The molecule has 0 atom stereocenters. The molecule has 0 radical (unpaired) electrons. The summed E-state index contributed by atoms with van der Waals surface area (Å²) in [6.07, 6.45) is 8.94. The highest BCUT2D eigenvalue weighted by molar-refractivity contribution is 4.91. The Bertz CT molecular complexity index is 195. The predicted octanol–water partition coefficient (Wildman–Crippen LogP) is 2.20. The van der Waals surface area contributed by atoms with Crippen LogP contribution in [0.15, 0.2) is 0 Å². The second kappa shape index (κ2) is 4.84. The summed E-state index contributed by atoms with van der Waals surface area (Å²) < 4.78 is 0. The largest absolute Gasteiger partial charge is 0.308 e. The molecule has 1 heterocycles. The third-order valence-electron chi connectivity index (χ3n) is 4.30. The van der Waals surface area contributed by atoms with E-state index in [2.05, 4.69) is 23.9 Å². The van der Waals surface area contributed by atoms with E-state index in [0.717, 1.165) is 5.41 Å². The van der Waals surface area contributed by atoms with Gasteiger partial charge in [0.25, 0.3) is 0 Å². The maximum Gasteiger partial charge on any atom is 0.0109 e. The van der Waals surface area contributed by atoms with Crippen LogP contribution in [0.2, 0.25) is 0 Å². The molecule has 0 amide bonds. The summed E-state index contributed by atoms with van der Waals surface area (Å²) in [6, 6.07) is 0. The Labute approximate surface area is 94.6 Å². The Morgan fingerprint density at radius 3 is 2.47 bits per heavy atom. The highest BCUT2D eigenvalue weighted by Crippen LogP contribution is 2.43. The van der Waals surface area contributed by atoms with Crippen LogP contribution in [0.4, 0.5) is 0 Å². The summed E-state index contributed by atoms with van der Waals surface area (Å²) in [4.78, 5) is 4.98. The van der Waals surface area contributed by atoms with Gasteiger partial charge >= 0.3 is 0 Å². The van der Waals surface area contributed by atoms with Crippen LogP contribution in [0.3, 0.4) is 0 Å². The van der Waals surface area contributed by atoms with Crippen LogP contribution >= 0.6 is 0 Å². The third kappa shape index (κ3) is 2.94. The summed E-state index contributed by atoms with van der Waals surface area (Å²) in [5.74, 6) is 0. The fourth-order valence-electron chi connectivity index (χ4n) is 3.27. The van der Waals surface area contributed by atoms with Crippen LogP contribution in [-0.4, -0.2) is 50.1 Å². The second-order valence-electron chi connectivity index (χ2n) is 5.89. The Hall–Kier alpha value is -0.0800. The molecule has 0 unspecified atom stereocenters. The third-order valence-corrected chi connectivity index (χ3v) is 4.30. The van der Waals surface area contributed by atoms with Crippen molar-refractivity contribution < 1.29 is 0 Å². The first kappa shape index (κ1) is 11.4. The molecule has 1 spiro atoms. The van der Waals surface area contributed by atoms with Gasteiger partial charge in [0.05, 0.1) is 0 Å². The molecule has 88 valence electrons. The normalized spacial score (nSPS) is 26.6. The van der Waals surface area contributed by atoms with Crippen LogP contribution < -0.4 is 0 Å². The number of likely N-dealkylation sites (N-methyl/N-ethyl adjacent to an activating group) is 1. The molecule has 2 heteroatoms. The topological polar surface area (TPSA) is 6.48 Å². The lowest BCUT2D eigenvalue weighted by Crippen LogP contribution is -2.33. The average molecular weight is 210 g/mol. The van der Waals surface area contributed by atoms with E-state index in [0.29, 0.717) is 0 Å². The van der Waals surface area contributed by atoms with Gasteiger partial charge in [-0.3, -0.25) is 0 Å². The molecule has 2 nitrogen and oxygen atoms in total. The van der Waals surface area contributed by atoms with E-state index in [1.807, 2.05) is 0 Å². The minimum Gasteiger partial charge on any atom is -0.308 e. The van der Waals surface area contributed by atoms with Crippen molar-refractivity contribution in [2.45, 2.75) is 38.5 Å². The van der Waals surface area contributed by atoms with Crippen molar-refractivity contribution in [3.05, 3.63) is 0 Å². The number of rotatable bonds is 3. The van der Waals surface area contributed by atoms with Crippen LogP contribution in [0.5, 0.6) is 0 Å². The van der Waals surface area contributed by atoms with Crippen molar-refractivity contribution in [2.24, 2.45) is 5.41 Å². The van der Waals surface area contributed by atoms with Gasteiger partial charge in [-0.15, -0.1) is 0 Å². The SMILES string of the molecule is CN(C)CCN1CCC2(CCCCC2)C1. The zero-order chi connectivity index (χ0) is 10.7. The second-order valence-corrected chi connectivity index (χ2v) is 5.89. The highest BCUT2D eigenvalue weighted by Gasteiger charge is 2.38. The first-order valence-electron chi connectivity index (χ1n) is 6.57. The molecule has 1 aliphatic heterocycles. The molecule has 2 fully saturated rings. The number of hydrogen-bond acceptors (Lipinski definition) is 2. The fourth-order valence-corrected chi connectivity index (χ4v) is 3.27. The molecular weight excluding hydrogens is 184 g/mol. The zero-order valence-electron chi connectivity index (χ0n) is 10.5. The highest BCUT2D eigenvalue weighted by atomic mass is 15.2. The van der Waals surface area contributed by atoms with E-state index in [9.17, 15) is 0 Å². The van der Waals surface area contributed by atoms with Crippen LogP contribution in [0.25, 0.3) is 0 Å². The lowest BCUT2D eigenvalue weighted by molar-refractivity contribution is 0.180. The molecule has 0 aromatic carbocycles. The fraction of sp³-hybridized carbons (Fsp3) is 1.00. The van der Waals surface area contributed by atoms with Crippen molar-refractivity contribution in [2.75, 3.05) is 40.3 Å². The Balaban J connectivity index is 1.78. The van der Waals surface area contributed by atoms with Crippen molar-refractivity contribution in [1.29, 1.82) is 0 Å². The summed E-state index contributed by atoms with van der Waals surface area (Å²) in [7, 11) is 4.35. The van der Waals surface area contributed by atoms with E-state index in [4.69, 9.17) is 0 Å². The van der Waals surface area contributed by atoms with Gasteiger partial charge in [-0.05, 0) is 45.3 Å². The van der Waals surface area contributed by atoms with E-state index in [1.165, 1.54) is 64.7 Å². The zero-order valence-corrected chi connectivity index (χ0v) is 10.5. The van der Waals surface area contributed by atoms with Gasteiger partial charge in [0.15, 0.2) is 0 Å². The van der Waals surface area contributed by atoms with Gasteiger partial charge < -0.3 is 9.80 Å². The number of hydrogen-bond donors (Lipinski definition) is 0. The van der Waals surface area contributed by atoms with Gasteiger partial charge in [0.1, 0.15) is 0 Å². The maximum atomic E-state index is 2.69. The molecular formula is C13H26N2. The molecule has 1 saturated heterocycles. The minimum atomic E-state index is 0.741. The number of nitrogens with zero attached hydrogens (tertiary/aromatic N) is 2. The van der Waals surface area contributed by atoms with Gasteiger partial charge in [-0.2, -0.15) is 0 Å². The molecule has 15 heavy (non-hydrogen) atoms. The predicted molar refractivity (Wildman–Crippen MR) is 65.1 cm³/mol. The summed E-state index contributed by atoms with van der Waals surface area (Å²) >= 11 is 0. The van der Waals surface area contributed by atoms with E-state index >= 15 is 0 Å². The van der Waals surface area contributed by atoms with Crippen molar-refractivity contribution in [3.63, 3.8) is 0 Å². The Morgan fingerprint density at radius 2 is 1.80 bits per heavy atom. The Kier molecular flexibility index (Phi) is 3.68. The standard InChI is InChI=1S/C13H26N2/c1-14(2)10-11-15-9-8-13(12-15)6-4-3-5-7-13/h3-12H2,1-2H3. The van der Waals surface area contributed by atoms with Crippen molar-refractivity contribution in [3.8, 4) is 0 Å². The monoisotopic (exact) mass is 210 g/mol. The molecule has 1 aliphatic carbocycles. The minimum absolute atomic E-state index is 0.741. The first-order chi connectivity index (χ1) is 7.20. The summed E-state index contributed by atoms with van der Waals surface area (Å²) in [6.45, 7) is 5.24. The molecule has 0 bridgehead atoms. The van der Waals surface area contributed by atoms with E-state index < -0.39 is 0 Å². The first-order valence-corrected chi connectivity index (χ1v) is 6.57. The van der Waals surface area contributed by atoms with Gasteiger partial charge in [-0.1, -0.05) is 19.3 Å². The van der Waals surface area contributed by atoms with Gasteiger partial charge in [0.2, 0.25) is 0 Å². The van der Waals surface area contributed by atoms with Gasteiger partial charge in [0, 0.05) is 19.6 Å². The number of likely N-dealkylation sites (tertiary alicyclic amines) is 1. The molecule has 1 saturated carbocycles. The molecule has 2 rings (SSSR count). The van der Waals surface area contributed by atoms with Crippen LogP contribution in [0, 0.1) is 5.41 Å². The van der Waals surface area contributed by atoms with Gasteiger partial charge in [-0.25, -0.2) is 0 Å². The average Bonchev–Trinajstić information content (AvgIpc) is 2.60. The van der Waals surface area contributed by atoms with Crippen LogP contribution in [-0.2, 0) is 0 Å². The summed E-state index contributed by atoms with van der Waals surface area (Å²) in [5, 5.41) is 0. The van der Waals surface area contributed by atoms with Crippen LogP contribution in [0.1, 0.15) is 38.5 Å². The van der Waals surface area contributed by atoms with Crippen molar-refractivity contribution in [1.82, 2.24) is 9.80 Å². The molecule has 0 aromatic rings. The van der Waals surface area contributed by atoms with Crippen molar-refractivity contribution >= 4 is 0 Å². The lowest BCUT2D eigenvalue weighted by atomic mass is 9.73. The van der Waals surface area contributed by atoms with E-state index in [-0.39, 0.29) is 0 Å². The molecule has 0 aromatic heterocycles. The smallest absolute Gasteiger partial charge is 0.0109 e. The summed E-state index contributed by atoms with van der Waals surface area (Å²) in [5.41, 5.74) is 0.741. The quantitative estimate of drug-likeness (QED) is 0.704.